The van der Waals surface area contributed by atoms with E-state index in [4.69, 9.17) is 5.11 Å². The van der Waals surface area contributed by atoms with Crippen LogP contribution in [0.15, 0.2) is 0 Å². The van der Waals surface area contributed by atoms with E-state index < -0.39 is 0 Å². The molecule has 0 radical (unpaired) electrons. The van der Waals surface area contributed by atoms with Gasteiger partial charge in [0.15, 0.2) is 0 Å². The van der Waals surface area contributed by atoms with E-state index in [9.17, 15) is 5.11 Å². The van der Waals surface area contributed by atoms with Crippen LogP contribution in [0.2, 0.25) is 0 Å². The molecule has 0 spiro atoms. The first-order valence-electron chi connectivity index (χ1n) is 4.85. The normalized spacial score (nSPS) is 29.1. The second kappa shape index (κ2) is 4.91. The van der Waals surface area contributed by atoms with Crippen molar-refractivity contribution in [1.82, 2.24) is 9.80 Å². The fourth-order valence-corrected chi connectivity index (χ4v) is 1.75. The van der Waals surface area contributed by atoms with Gasteiger partial charge >= 0.3 is 0 Å². The Morgan fingerprint density at radius 1 is 1.46 bits per heavy atom. The molecule has 1 aliphatic rings. The van der Waals surface area contributed by atoms with Gasteiger partial charge in [-0.15, -0.1) is 0 Å². The average molecular weight is 188 g/mol. The largest absolute Gasteiger partial charge is 0.395 e. The zero-order valence-corrected chi connectivity index (χ0v) is 8.48. The number of aliphatic hydroxyl groups excluding tert-OH is 2. The Bertz CT molecular complexity index is 153. The lowest BCUT2D eigenvalue weighted by atomic mass is 10.2. The Kier molecular flexibility index (Phi) is 4.12. The number of aliphatic hydroxyl groups is 2. The van der Waals surface area contributed by atoms with Crippen molar-refractivity contribution in [2.24, 2.45) is 0 Å². The summed E-state index contributed by atoms with van der Waals surface area (Å²) < 4.78 is 0. The topological polar surface area (TPSA) is 46.9 Å². The van der Waals surface area contributed by atoms with Gasteiger partial charge in [0.25, 0.3) is 0 Å². The van der Waals surface area contributed by atoms with Crippen molar-refractivity contribution in [1.29, 1.82) is 0 Å². The Morgan fingerprint density at radius 3 is 2.69 bits per heavy atom. The van der Waals surface area contributed by atoms with Crippen LogP contribution < -0.4 is 0 Å². The minimum Gasteiger partial charge on any atom is -0.395 e. The second-order valence-corrected chi connectivity index (χ2v) is 3.93. The molecule has 0 saturated carbocycles. The third kappa shape index (κ3) is 3.23. The average Bonchev–Trinajstić information content (AvgIpc) is 2.07. The first kappa shape index (κ1) is 10.9. The van der Waals surface area contributed by atoms with Crippen LogP contribution in [0.25, 0.3) is 0 Å². The van der Waals surface area contributed by atoms with E-state index in [1.165, 1.54) is 0 Å². The molecule has 4 nitrogen and oxygen atoms in total. The summed E-state index contributed by atoms with van der Waals surface area (Å²) in [5.74, 6) is 0. The van der Waals surface area contributed by atoms with E-state index in [1.807, 2.05) is 7.05 Å². The highest BCUT2D eigenvalue weighted by Gasteiger charge is 2.23. The molecule has 1 aliphatic heterocycles. The predicted octanol–water partition coefficient (Wildman–Crippen LogP) is -1.02. The van der Waals surface area contributed by atoms with Crippen molar-refractivity contribution in [3.63, 3.8) is 0 Å². The monoisotopic (exact) mass is 188 g/mol. The summed E-state index contributed by atoms with van der Waals surface area (Å²) >= 11 is 0. The Balaban J connectivity index is 2.36. The molecule has 1 heterocycles. The highest BCUT2D eigenvalue weighted by molar-refractivity contribution is 4.79. The first-order chi connectivity index (χ1) is 6.13. The molecule has 2 atom stereocenters. The molecule has 2 unspecified atom stereocenters. The maximum absolute atomic E-state index is 9.21. The number of piperazine rings is 1. The van der Waals surface area contributed by atoms with Crippen LogP contribution in [0, 0.1) is 0 Å². The van der Waals surface area contributed by atoms with Crippen molar-refractivity contribution >= 4 is 0 Å². The van der Waals surface area contributed by atoms with Gasteiger partial charge in [0, 0.05) is 32.2 Å². The van der Waals surface area contributed by atoms with Crippen molar-refractivity contribution in [3.05, 3.63) is 0 Å². The first-order valence-corrected chi connectivity index (χ1v) is 4.85. The number of nitrogens with zero attached hydrogens (tertiary/aromatic N) is 2. The predicted molar refractivity (Wildman–Crippen MR) is 51.6 cm³/mol. The van der Waals surface area contributed by atoms with Crippen molar-refractivity contribution in [3.8, 4) is 0 Å². The number of likely N-dealkylation sites (N-methyl/N-ethyl adjacent to an activating group) is 1. The van der Waals surface area contributed by atoms with Crippen molar-refractivity contribution in [2.75, 3.05) is 39.8 Å². The van der Waals surface area contributed by atoms with E-state index in [-0.39, 0.29) is 18.8 Å². The lowest BCUT2D eigenvalue weighted by molar-refractivity contribution is 0.0344. The molecule has 2 N–H and O–H groups in total. The molecule has 0 amide bonds. The number of hydrogen-bond donors (Lipinski definition) is 2. The molecule has 0 aromatic heterocycles. The van der Waals surface area contributed by atoms with Gasteiger partial charge in [-0.1, -0.05) is 0 Å². The van der Waals surface area contributed by atoms with E-state index >= 15 is 0 Å². The Hall–Kier alpha value is -0.160. The van der Waals surface area contributed by atoms with Gasteiger partial charge < -0.3 is 10.2 Å². The minimum absolute atomic E-state index is 0.201. The Labute approximate surface area is 79.8 Å². The smallest absolute Gasteiger partial charge is 0.0639 e. The maximum atomic E-state index is 9.21. The third-order valence-corrected chi connectivity index (χ3v) is 2.59. The fraction of sp³-hybridized carbons (Fsp3) is 1.00. The van der Waals surface area contributed by atoms with Gasteiger partial charge in [0.05, 0.1) is 12.7 Å². The van der Waals surface area contributed by atoms with Crippen LogP contribution in [-0.4, -0.2) is 72.0 Å². The molecule has 78 valence electrons. The van der Waals surface area contributed by atoms with Crippen molar-refractivity contribution in [2.45, 2.75) is 19.1 Å². The number of hydrogen-bond acceptors (Lipinski definition) is 4. The van der Waals surface area contributed by atoms with E-state index in [0.29, 0.717) is 6.54 Å². The maximum Gasteiger partial charge on any atom is 0.0639 e. The minimum atomic E-state index is -0.275. The summed E-state index contributed by atoms with van der Waals surface area (Å²) in [6.45, 7) is 5.52. The molecule has 0 aromatic rings. The quantitative estimate of drug-likeness (QED) is 0.595. The summed E-state index contributed by atoms with van der Waals surface area (Å²) in [6.07, 6.45) is -0.275. The van der Waals surface area contributed by atoms with Crippen LogP contribution in [0.3, 0.4) is 0 Å². The lowest BCUT2D eigenvalue weighted by Crippen LogP contribution is -2.54. The van der Waals surface area contributed by atoms with Gasteiger partial charge in [-0.3, -0.25) is 9.80 Å². The zero-order valence-electron chi connectivity index (χ0n) is 8.48. The van der Waals surface area contributed by atoms with Crippen LogP contribution in [-0.2, 0) is 0 Å². The molecule has 0 aromatic carbocycles. The van der Waals surface area contributed by atoms with E-state index in [0.717, 1.165) is 19.6 Å². The summed E-state index contributed by atoms with van der Waals surface area (Å²) in [5, 5.41) is 18.3. The van der Waals surface area contributed by atoms with Gasteiger partial charge in [-0.05, 0) is 14.0 Å². The summed E-state index contributed by atoms with van der Waals surface area (Å²) in [7, 11) is 2.03. The summed E-state index contributed by atoms with van der Waals surface area (Å²) in [4.78, 5) is 4.37. The van der Waals surface area contributed by atoms with Crippen molar-refractivity contribution < 1.29 is 10.2 Å². The molecule has 1 rings (SSSR count). The van der Waals surface area contributed by atoms with Gasteiger partial charge in [-0.25, -0.2) is 0 Å². The SMILES string of the molecule is CC(O)CN1CCN(C)C(CO)C1. The Morgan fingerprint density at radius 2 is 2.15 bits per heavy atom. The van der Waals surface area contributed by atoms with Crippen LogP contribution in [0.4, 0.5) is 0 Å². The molecule has 0 bridgehead atoms. The molecule has 4 heteroatoms. The molecule has 1 fully saturated rings. The molecule has 1 saturated heterocycles. The fourth-order valence-electron chi connectivity index (χ4n) is 1.75. The van der Waals surface area contributed by atoms with Gasteiger partial charge in [0.1, 0.15) is 0 Å². The number of β-amino-alcohol motifs (C(OH)–C–C–N with tert-alkyl or cyclic N) is 1. The van der Waals surface area contributed by atoms with Crippen LogP contribution in [0.5, 0.6) is 0 Å². The number of rotatable bonds is 3. The second-order valence-electron chi connectivity index (χ2n) is 3.93. The highest BCUT2D eigenvalue weighted by Crippen LogP contribution is 2.07. The highest BCUT2D eigenvalue weighted by atomic mass is 16.3. The van der Waals surface area contributed by atoms with E-state index in [2.05, 4.69) is 9.80 Å². The molecular weight excluding hydrogens is 168 g/mol. The van der Waals surface area contributed by atoms with Crippen LogP contribution >= 0.6 is 0 Å². The zero-order chi connectivity index (χ0) is 9.84. The lowest BCUT2D eigenvalue weighted by Gasteiger charge is -2.38. The molecule has 13 heavy (non-hydrogen) atoms. The van der Waals surface area contributed by atoms with Crippen LogP contribution in [0.1, 0.15) is 6.92 Å². The standard InChI is InChI=1S/C9H20N2O2/c1-8(13)5-11-4-3-10(2)9(6-11)7-12/h8-9,12-13H,3-7H2,1-2H3. The van der Waals surface area contributed by atoms with Gasteiger partial charge in [0.2, 0.25) is 0 Å². The molecular formula is C9H20N2O2. The van der Waals surface area contributed by atoms with E-state index in [1.54, 1.807) is 6.92 Å². The molecule has 0 aliphatic carbocycles. The third-order valence-electron chi connectivity index (χ3n) is 2.59. The summed E-state index contributed by atoms with van der Waals surface area (Å²) in [6, 6.07) is 0.229. The summed E-state index contributed by atoms with van der Waals surface area (Å²) in [5.41, 5.74) is 0. The van der Waals surface area contributed by atoms with Gasteiger partial charge in [-0.2, -0.15) is 0 Å².